The topological polar surface area (TPSA) is 63.1 Å². The van der Waals surface area contributed by atoms with Crippen LogP contribution in [0.15, 0.2) is 29.3 Å². The van der Waals surface area contributed by atoms with Crippen molar-refractivity contribution in [2.45, 2.75) is 46.3 Å². The Morgan fingerprint density at radius 2 is 1.87 bits per heavy atom. The summed E-state index contributed by atoms with van der Waals surface area (Å²) in [6.45, 7) is 10.9. The highest BCUT2D eigenvalue weighted by Crippen LogP contribution is 2.28. The smallest absolute Gasteiger partial charge is 0.381 e. The molecule has 1 N–H and O–H groups in total. The van der Waals surface area contributed by atoms with Crippen molar-refractivity contribution >= 4 is 17.3 Å². The molecule has 0 aliphatic heterocycles. The Morgan fingerprint density at radius 3 is 2.37 bits per heavy atom. The average Bonchev–Trinajstić information content (AvgIpc) is 2.69. The molecule has 0 saturated heterocycles. The van der Waals surface area contributed by atoms with Gasteiger partial charge in [-0.05, 0) is 37.6 Å². The molecule has 2 aromatic rings. The Morgan fingerprint density at radius 1 is 1.20 bits per heavy atom. The second-order valence-corrected chi connectivity index (χ2v) is 7.76. The summed E-state index contributed by atoms with van der Waals surface area (Å²) in [5.74, 6) is 0.465. The molecule has 6 nitrogen and oxygen atoms in total. The molecule has 1 unspecified atom stereocenters. The highest BCUT2D eigenvalue weighted by atomic mass is 35.5. The van der Waals surface area contributed by atoms with Crippen molar-refractivity contribution < 1.29 is 13.2 Å². The van der Waals surface area contributed by atoms with Gasteiger partial charge in [-0.1, -0.05) is 39.3 Å². The maximum Gasteiger partial charge on any atom is 0.417 e. The summed E-state index contributed by atoms with van der Waals surface area (Å²) in [5, 5.41) is 7.13. The molecule has 0 amide bonds. The molecule has 0 radical (unpaired) electrons. The fourth-order valence-electron chi connectivity index (χ4n) is 3.27. The van der Waals surface area contributed by atoms with Crippen LogP contribution in [-0.4, -0.2) is 45.3 Å². The van der Waals surface area contributed by atoms with E-state index in [9.17, 15) is 18.0 Å². The van der Waals surface area contributed by atoms with E-state index in [0.29, 0.717) is 24.3 Å². The van der Waals surface area contributed by atoms with Crippen LogP contribution in [0.4, 0.5) is 18.9 Å². The fraction of sp³-hybridized carbons (Fsp3) is 0.550. The van der Waals surface area contributed by atoms with Gasteiger partial charge >= 0.3 is 6.18 Å². The first-order chi connectivity index (χ1) is 14.1. The van der Waals surface area contributed by atoms with E-state index >= 15 is 0 Å². The molecule has 1 atom stereocenters. The lowest BCUT2D eigenvalue weighted by molar-refractivity contribution is -0.137. The van der Waals surface area contributed by atoms with Crippen molar-refractivity contribution in [2.75, 3.05) is 25.0 Å². The van der Waals surface area contributed by atoms with E-state index < -0.39 is 17.3 Å². The van der Waals surface area contributed by atoms with Gasteiger partial charge in [0.05, 0.1) is 17.4 Å². The number of alkyl halides is 3. The zero-order valence-corrected chi connectivity index (χ0v) is 18.3. The minimum absolute atomic E-state index is 0.0396. The van der Waals surface area contributed by atoms with Crippen molar-refractivity contribution in [1.82, 2.24) is 19.7 Å². The van der Waals surface area contributed by atoms with Crippen LogP contribution in [0.25, 0.3) is 5.82 Å². The second-order valence-electron chi connectivity index (χ2n) is 7.38. The molecule has 2 heterocycles. The normalized spacial score (nSPS) is 13.1. The number of halogens is 4. The van der Waals surface area contributed by atoms with Gasteiger partial charge in [0.25, 0.3) is 5.56 Å². The molecule has 30 heavy (non-hydrogen) atoms. The Hall–Kier alpha value is -2.13. The Labute approximate surface area is 179 Å². The number of aromatic nitrogens is 3. The van der Waals surface area contributed by atoms with Gasteiger partial charge in [-0.3, -0.25) is 9.69 Å². The van der Waals surface area contributed by atoms with Crippen molar-refractivity contribution in [3.63, 3.8) is 0 Å². The van der Waals surface area contributed by atoms with Gasteiger partial charge < -0.3 is 5.32 Å². The molecule has 10 heteroatoms. The molecule has 2 aromatic heterocycles. The average molecular weight is 446 g/mol. The molecule has 2 rings (SSSR count). The maximum atomic E-state index is 12.7. The summed E-state index contributed by atoms with van der Waals surface area (Å²) in [5.41, 5.74) is -1.18. The fourth-order valence-corrected chi connectivity index (χ4v) is 3.47. The molecule has 0 bridgehead atoms. The lowest BCUT2D eigenvalue weighted by Gasteiger charge is -2.31. The monoisotopic (exact) mass is 445 g/mol. The lowest BCUT2D eigenvalue weighted by Crippen LogP contribution is -2.41. The molecule has 0 aromatic carbocycles. The first-order valence-corrected chi connectivity index (χ1v) is 10.3. The van der Waals surface area contributed by atoms with Gasteiger partial charge in [0.1, 0.15) is 5.02 Å². The summed E-state index contributed by atoms with van der Waals surface area (Å²) in [6.07, 6.45) is -1.49. The summed E-state index contributed by atoms with van der Waals surface area (Å²) >= 11 is 6.23. The predicted octanol–water partition coefficient (Wildman–Crippen LogP) is 4.47. The van der Waals surface area contributed by atoms with Crippen molar-refractivity contribution in [1.29, 1.82) is 0 Å². The van der Waals surface area contributed by atoms with Gasteiger partial charge in [0, 0.05) is 18.8 Å². The number of nitrogens with zero attached hydrogens (tertiary/aromatic N) is 4. The van der Waals surface area contributed by atoms with Crippen LogP contribution in [-0.2, 0) is 6.18 Å². The molecular weight excluding hydrogens is 419 g/mol. The van der Waals surface area contributed by atoms with Gasteiger partial charge in [-0.15, -0.1) is 0 Å². The molecule has 0 spiro atoms. The molecule has 0 aliphatic rings. The number of nitrogens with one attached hydrogen (secondary N) is 1. The lowest BCUT2D eigenvalue weighted by atomic mass is 10.0. The van der Waals surface area contributed by atoms with Gasteiger partial charge in [0.2, 0.25) is 0 Å². The highest BCUT2D eigenvalue weighted by molar-refractivity contribution is 6.32. The zero-order chi connectivity index (χ0) is 22.5. The van der Waals surface area contributed by atoms with Crippen LogP contribution in [0.3, 0.4) is 0 Å². The van der Waals surface area contributed by atoms with Gasteiger partial charge in [-0.2, -0.15) is 23.0 Å². The zero-order valence-electron chi connectivity index (χ0n) is 17.5. The molecular formula is C20H27ClF3N5O. The highest BCUT2D eigenvalue weighted by Gasteiger charge is 2.30. The van der Waals surface area contributed by atoms with E-state index in [4.69, 9.17) is 11.6 Å². The van der Waals surface area contributed by atoms with Crippen LogP contribution >= 0.6 is 11.6 Å². The summed E-state index contributed by atoms with van der Waals surface area (Å²) in [7, 11) is 0. The molecule has 0 aliphatic carbocycles. The number of likely N-dealkylation sites (N-methyl/N-ethyl adjacent to an activating group) is 1. The minimum Gasteiger partial charge on any atom is -0.381 e. The first-order valence-electron chi connectivity index (χ1n) is 9.87. The van der Waals surface area contributed by atoms with E-state index in [0.717, 1.165) is 36.3 Å². The molecule has 166 valence electrons. The van der Waals surface area contributed by atoms with Crippen molar-refractivity contribution in [2.24, 2.45) is 5.92 Å². The summed E-state index contributed by atoms with van der Waals surface area (Å²) in [4.78, 5) is 18.6. The van der Waals surface area contributed by atoms with Gasteiger partial charge in [-0.25, -0.2) is 4.98 Å². The largest absolute Gasteiger partial charge is 0.417 e. The second kappa shape index (κ2) is 10.3. The summed E-state index contributed by atoms with van der Waals surface area (Å²) in [6, 6.07) is 2.19. The Balaban J connectivity index is 2.22. The quantitative estimate of drug-likeness (QED) is 0.617. The minimum atomic E-state index is -4.51. The van der Waals surface area contributed by atoms with Crippen LogP contribution in [0.2, 0.25) is 5.02 Å². The number of pyridine rings is 1. The third-order valence-electron chi connectivity index (χ3n) is 4.81. The number of hydrogen-bond donors (Lipinski definition) is 1. The van der Waals surface area contributed by atoms with Crippen molar-refractivity contribution in [3.8, 4) is 5.82 Å². The van der Waals surface area contributed by atoms with Crippen LogP contribution < -0.4 is 10.9 Å². The number of hydrogen-bond acceptors (Lipinski definition) is 5. The maximum absolute atomic E-state index is 12.7. The van der Waals surface area contributed by atoms with Crippen LogP contribution in [0.1, 0.15) is 39.7 Å². The SMILES string of the molecule is CCN(CC)C(CNc1cnn(-c2ccc(C(F)(F)F)cn2)c(=O)c1Cl)CC(C)C. The van der Waals surface area contributed by atoms with E-state index in [1.54, 1.807) is 0 Å². The third-order valence-corrected chi connectivity index (χ3v) is 5.18. The van der Waals surface area contributed by atoms with Crippen LogP contribution in [0.5, 0.6) is 0 Å². The standard InChI is InChI=1S/C20H27ClF3N5O/c1-5-28(6-2)15(9-13(3)4)11-25-16-12-27-29(19(30)18(16)21)17-8-7-14(10-26-17)20(22,23)24/h7-8,10,12-13,15,25H,5-6,9,11H2,1-4H3. The van der Waals surface area contributed by atoms with E-state index in [1.807, 2.05) is 0 Å². The number of rotatable bonds is 9. The molecule has 0 saturated carbocycles. The summed E-state index contributed by atoms with van der Waals surface area (Å²) < 4.78 is 39.0. The molecule has 0 fully saturated rings. The predicted molar refractivity (Wildman–Crippen MR) is 112 cm³/mol. The number of anilines is 1. The van der Waals surface area contributed by atoms with E-state index in [2.05, 4.69) is 48.0 Å². The van der Waals surface area contributed by atoms with Gasteiger partial charge in [0.15, 0.2) is 5.82 Å². The first kappa shape index (κ1) is 24.1. The third kappa shape index (κ3) is 5.95. The van der Waals surface area contributed by atoms with Crippen LogP contribution in [0, 0.1) is 5.92 Å². The van der Waals surface area contributed by atoms with E-state index in [-0.39, 0.29) is 16.9 Å². The Kier molecular flexibility index (Phi) is 8.25. The van der Waals surface area contributed by atoms with Crippen molar-refractivity contribution in [3.05, 3.63) is 45.5 Å². The van der Waals surface area contributed by atoms with E-state index in [1.165, 1.54) is 6.20 Å². The Bertz CT molecular complexity index is 879.